The number of methoxy groups -OCH3 is 1. The summed E-state index contributed by atoms with van der Waals surface area (Å²) in [6, 6.07) is 1.59. The van der Waals surface area contributed by atoms with Gasteiger partial charge in [0.2, 0.25) is 0 Å². The first-order valence-corrected chi connectivity index (χ1v) is 3.72. The molecule has 12 heavy (non-hydrogen) atoms. The standard InChI is InChI=1S/C6H7NO2.CBrN/c1-9-6-2-3-7-4-5(6)8;2-1-3/h2-4,8H,1H3;. The molecule has 0 amide bonds. The van der Waals surface area contributed by atoms with E-state index >= 15 is 0 Å². The molecule has 0 aliphatic carbocycles. The number of aromatic hydroxyl groups is 1. The van der Waals surface area contributed by atoms with Gasteiger partial charge in [-0.15, -0.1) is 0 Å². The molecule has 0 spiro atoms. The molecule has 0 bridgehead atoms. The van der Waals surface area contributed by atoms with Crippen LogP contribution in [0, 0.1) is 10.2 Å². The van der Waals surface area contributed by atoms with Gasteiger partial charge in [0.1, 0.15) is 4.98 Å². The fourth-order valence-electron chi connectivity index (χ4n) is 0.546. The minimum Gasteiger partial charge on any atom is -0.503 e. The maximum atomic E-state index is 8.92. The van der Waals surface area contributed by atoms with Crippen molar-refractivity contribution in [2.24, 2.45) is 0 Å². The van der Waals surface area contributed by atoms with Gasteiger partial charge >= 0.3 is 0 Å². The summed E-state index contributed by atoms with van der Waals surface area (Å²) in [6.07, 6.45) is 2.89. The molecule has 1 rings (SSSR count). The highest BCUT2D eigenvalue weighted by Crippen LogP contribution is 2.21. The number of ether oxygens (including phenoxy) is 1. The largest absolute Gasteiger partial charge is 0.503 e. The summed E-state index contributed by atoms with van der Waals surface area (Å²) in [5.74, 6) is 0.519. The van der Waals surface area contributed by atoms with Crippen LogP contribution >= 0.6 is 15.9 Å². The molecule has 4 nitrogen and oxygen atoms in total. The van der Waals surface area contributed by atoms with E-state index in [1.54, 1.807) is 17.2 Å². The van der Waals surface area contributed by atoms with Crippen molar-refractivity contribution in [2.45, 2.75) is 0 Å². The van der Waals surface area contributed by atoms with E-state index in [0.29, 0.717) is 5.75 Å². The van der Waals surface area contributed by atoms with Crippen molar-refractivity contribution in [3.05, 3.63) is 18.5 Å². The summed E-state index contributed by atoms with van der Waals surface area (Å²) in [6.45, 7) is 0. The molecule has 0 fully saturated rings. The van der Waals surface area contributed by atoms with Crippen molar-refractivity contribution < 1.29 is 9.84 Å². The van der Waals surface area contributed by atoms with Gasteiger partial charge in [-0.2, -0.15) is 5.26 Å². The average Bonchev–Trinajstić information content (AvgIpc) is 2.07. The Morgan fingerprint density at radius 1 is 1.75 bits per heavy atom. The Hall–Kier alpha value is -1.28. The van der Waals surface area contributed by atoms with Crippen LogP contribution in [0.2, 0.25) is 0 Å². The molecular weight excluding hydrogens is 224 g/mol. The lowest BCUT2D eigenvalue weighted by Crippen LogP contribution is -1.82. The lowest BCUT2D eigenvalue weighted by molar-refractivity contribution is 0.372. The SMILES string of the molecule is COc1ccncc1O.N#CBr. The molecule has 0 aliphatic heterocycles. The van der Waals surface area contributed by atoms with Crippen LogP contribution in [0.3, 0.4) is 0 Å². The third kappa shape index (κ3) is 3.78. The molecule has 0 saturated heterocycles. The number of aromatic nitrogens is 1. The van der Waals surface area contributed by atoms with E-state index in [0.717, 1.165) is 0 Å². The van der Waals surface area contributed by atoms with Crippen LogP contribution in [0.5, 0.6) is 11.5 Å². The number of nitrogens with zero attached hydrogens (tertiary/aromatic N) is 2. The number of pyridine rings is 1. The molecule has 0 saturated carbocycles. The molecule has 5 heteroatoms. The zero-order valence-corrected chi connectivity index (χ0v) is 7.95. The molecule has 0 radical (unpaired) electrons. The second-order valence-corrected chi connectivity index (χ2v) is 1.99. The second kappa shape index (κ2) is 6.43. The summed E-state index contributed by atoms with van der Waals surface area (Å²) in [7, 11) is 1.50. The fraction of sp³-hybridized carbons (Fsp3) is 0.143. The number of hydrogen-bond donors (Lipinski definition) is 1. The predicted molar refractivity (Wildman–Crippen MR) is 47.0 cm³/mol. The van der Waals surface area contributed by atoms with E-state index < -0.39 is 0 Å². The lowest BCUT2D eigenvalue weighted by Gasteiger charge is -1.98. The monoisotopic (exact) mass is 230 g/mol. The Balaban J connectivity index is 0.000000354. The van der Waals surface area contributed by atoms with Gasteiger partial charge in [-0.3, -0.25) is 4.98 Å². The maximum Gasteiger partial charge on any atom is 0.176 e. The van der Waals surface area contributed by atoms with Crippen LogP contribution in [0.1, 0.15) is 0 Å². The van der Waals surface area contributed by atoms with Gasteiger partial charge in [0.05, 0.1) is 13.3 Å². The summed E-state index contributed by atoms with van der Waals surface area (Å²) in [5.41, 5.74) is 0. The third-order valence-electron chi connectivity index (χ3n) is 0.981. The second-order valence-electron chi connectivity index (χ2n) is 1.63. The van der Waals surface area contributed by atoms with E-state index in [-0.39, 0.29) is 5.75 Å². The molecular formula is C7H7BrN2O2. The van der Waals surface area contributed by atoms with E-state index in [2.05, 4.69) is 20.9 Å². The van der Waals surface area contributed by atoms with Crippen LogP contribution in [0.25, 0.3) is 0 Å². The zero-order chi connectivity index (χ0) is 9.40. The third-order valence-corrected chi connectivity index (χ3v) is 0.981. The van der Waals surface area contributed by atoms with E-state index in [1.165, 1.54) is 13.3 Å². The van der Waals surface area contributed by atoms with Crippen LogP contribution < -0.4 is 4.74 Å². The number of rotatable bonds is 1. The van der Waals surface area contributed by atoms with Crippen molar-refractivity contribution in [2.75, 3.05) is 7.11 Å². The first-order chi connectivity index (χ1) is 5.76. The van der Waals surface area contributed by atoms with Gasteiger partial charge in [0.15, 0.2) is 11.5 Å². The van der Waals surface area contributed by atoms with Crippen LogP contribution in [0.15, 0.2) is 18.5 Å². The molecule has 0 atom stereocenters. The highest BCUT2D eigenvalue weighted by Gasteiger charge is 1.95. The Morgan fingerprint density at radius 3 is 2.67 bits per heavy atom. The molecule has 1 aromatic rings. The van der Waals surface area contributed by atoms with Crippen molar-refractivity contribution in [3.63, 3.8) is 0 Å². The topological polar surface area (TPSA) is 66.1 Å². The van der Waals surface area contributed by atoms with Gasteiger partial charge in [0, 0.05) is 28.2 Å². The van der Waals surface area contributed by atoms with Crippen molar-refractivity contribution in [3.8, 4) is 16.5 Å². The molecule has 0 unspecified atom stereocenters. The Labute approximate surface area is 78.6 Å². The molecule has 1 N–H and O–H groups in total. The fourth-order valence-corrected chi connectivity index (χ4v) is 0.546. The summed E-state index contributed by atoms with van der Waals surface area (Å²) in [4.78, 5) is 5.23. The van der Waals surface area contributed by atoms with E-state index in [9.17, 15) is 0 Å². The van der Waals surface area contributed by atoms with Crippen LogP contribution in [0.4, 0.5) is 0 Å². The average molecular weight is 231 g/mol. The minimum atomic E-state index is 0.0694. The normalized spacial score (nSPS) is 7.42. The zero-order valence-electron chi connectivity index (χ0n) is 6.36. The number of hydrogen-bond acceptors (Lipinski definition) is 4. The molecule has 64 valence electrons. The summed E-state index contributed by atoms with van der Waals surface area (Å²) in [5, 5.41) is 16.2. The van der Waals surface area contributed by atoms with Gasteiger partial charge in [-0.1, -0.05) is 0 Å². The Kier molecular flexibility index (Phi) is 5.75. The predicted octanol–water partition coefficient (Wildman–Crippen LogP) is 1.66. The maximum absolute atomic E-state index is 8.92. The molecule has 1 aromatic heterocycles. The van der Waals surface area contributed by atoms with Gasteiger partial charge < -0.3 is 9.84 Å². The van der Waals surface area contributed by atoms with Crippen molar-refractivity contribution in [1.29, 1.82) is 5.26 Å². The van der Waals surface area contributed by atoms with Gasteiger partial charge in [-0.05, 0) is 0 Å². The first-order valence-electron chi connectivity index (χ1n) is 2.93. The minimum absolute atomic E-state index is 0.0694. The molecule has 0 aromatic carbocycles. The smallest absolute Gasteiger partial charge is 0.176 e. The summed E-state index contributed by atoms with van der Waals surface area (Å²) >= 11 is 2.45. The quantitative estimate of drug-likeness (QED) is 0.797. The number of halogens is 1. The van der Waals surface area contributed by atoms with Crippen molar-refractivity contribution >= 4 is 15.9 Å². The van der Waals surface area contributed by atoms with Crippen LogP contribution in [-0.4, -0.2) is 17.2 Å². The van der Waals surface area contributed by atoms with Crippen molar-refractivity contribution in [1.82, 2.24) is 4.98 Å². The molecule has 1 heterocycles. The highest BCUT2D eigenvalue weighted by molar-refractivity contribution is 9.12. The van der Waals surface area contributed by atoms with Crippen LogP contribution in [-0.2, 0) is 0 Å². The van der Waals surface area contributed by atoms with Gasteiger partial charge in [0.25, 0.3) is 0 Å². The lowest BCUT2D eigenvalue weighted by atomic mass is 10.4. The Bertz CT molecular complexity index is 272. The number of nitriles is 1. The molecule has 0 aliphatic rings. The van der Waals surface area contributed by atoms with E-state index in [4.69, 9.17) is 15.1 Å². The Morgan fingerprint density at radius 2 is 2.33 bits per heavy atom. The highest BCUT2D eigenvalue weighted by atomic mass is 79.9. The summed E-state index contributed by atoms with van der Waals surface area (Å²) < 4.78 is 4.75. The van der Waals surface area contributed by atoms with Gasteiger partial charge in [-0.25, -0.2) is 0 Å². The van der Waals surface area contributed by atoms with E-state index in [1.807, 2.05) is 0 Å². The first kappa shape index (κ1) is 10.7.